The summed E-state index contributed by atoms with van der Waals surface area (Å²) < 4.78 is 11.4. The lowest BCUT2D eigenvalue weighted by Gasteiger charge is -2.14. The Morgan fingerprint density at radius 2 is 1.50 bits per heavy atom. The average Bonchev–Trinajstić information content (AvgIpc) is 2.66. The molecule has 134 valence electrons. The zero-order valence-electron chi connectivity index (χ0n) is 14.3. The van der Waals surface area contributed by atoms with Crippen LogP contribution in [0.15, 0.2) is 66.7 Å². The van der Waals surface area contributed by atoms with E-state index in [-0.39, 0.29) is 0 Å². The van der Waals surface area contributed by atoms with Crippen LogP contribution in [0, 0.1) is 0 Å². The summed E-state index contributed by atoms with van der Waals surface area (Å²) in [6, 6.07) is 21.0. The summed E-state index contributed by atoms with van der Waals surface area (Å²) >= 11 is 11.9. The lowest BCUT2D eigenvalue weighted by molar-refractivity contribution is 0.377. The molecule has 0 bridgehead atoms. The first-order chi connectivity index (χ1) is 12.7. The van der Waals surface area contributed by atoms with E-state index < -0.39 is 0 Å². The maximum absolute atomic E-state index is 6.06. The standard InChI is InChI=1S/C21H19Cl2NO2/c1-25-21-12-18(23)10-11-20(21)26-19-5-3-2-4-16(19)14-24-13-15-6-8-17(22)9-7-15/h2-12,24H,13-14H2,1H3. The van der Waals surface area contributed by atoms with Crippen molar-refractivity contribution in [2.75, 3.05) is 7.11 Å². The van der Waals surface area contributed by atoms with Gasteiger partial charge in [-0.25, -0.2) is 0 Å². The quantitative estimate of drug-likeness (QED) is 0.532. The molecule has 3 aromatic rings. The third kappa shape index (κ3) is 4.92. The van der Waals surface area contributed by atoms with Gasteiger partial charge >= 0.3 is 0 Å². The van der Waals surface area contributed by atoms with E-state index in [1.54, 1.807) is 25.3 Å². The van der Waals surface area contributed by atoms with E-state index in [1.807, 2.05) is 48.5 Å². The van der Waals surface area contributed by atoms with E-state index in [1.165, 1.54) is 5.56 Å². The first-order valence-corrected chi connectivity index (χ1v) is 8.96. The van der Waals surface area contributed by atoms with Crippen LogP contribution in [0.25, 0.3) is 0 Å². The van der Waals surface area contributed by atoms with Crippen LogP contribution >= 0.6 is 23.2 Å². The second-order valence-corrected chi connectivity index (χ2v) is 6.61. The fraction of sp³-hybridized carbons (Fsp3) is 0.143. The number of nitrogens with one attached hydrogen (secondary N) is 1. The molecule has 0 radical (unpaired) electrons. The van der Waals surface area contributed by atoms with Crippen molar-refractivity contribution in [2.24, 2.45) is 0 Å². The zero-order valence-corrected chi connectivity index (χ0v) is 15.8. The number of para-hydroxylation sites is 1. The Morgan fingerprint density at radius 1 is 0.769 bits per heavy atom. The van der Waals surface area contributed by atoms with Crippen molar-refractivity contribution >= 4 is 23.2 Å². The molecule has 0 aromatic heterocycles. The van der Waals surface area contributed by atoms with Crippen LogP contribution < -0.4 is 14.8 Å². The van der Waals surface area contributed by atoms with E-state index in [0.29, 0.717) is 23.1 Å². The van der Waals surface area contributed by atoms with Crippen LogP contribution in [-0.2, 0) is 13.1 Å². The van der Waals surface area contributed by atoms with Crippen LogP contribution in [-0.4, -0.2) is 7.11 Å². The molecule has 0 spiro atoms. The normalized spacial score (nSPS) is 10.6. The minimum atomic E-state index is 0.599. The molecule has 3 aromatic carbocycles. The van der Waals surface area contributed by atoms with Crippen LogP contribution in [0.5, 0.6) is 17.2 Å². The minimum absolute atomic E-state index is 0.599. The molecule has 3 nitrogen and oxygen atoms in total. The first kappa shape index (κ1) is 18.6. The van der Waals surface area contributed by atoms with Gasteiger partial charge in [0.05, 0.1) is 7.11 Å². The molecule has 0 aliphatic heterocycles. The second kappa shape index (κ2) is 8.95. The molecule has 0 heterocycles. The molecule has 3 rings (SSSR count). The summed E-state index contributed by atoms with van der Waals surface area (Å²) in [7, 11) is 1.60. The molecule has 0 saturated carbocycles. The zero-order chi connectivity index (χ0) is 18.4. The summed E-state index contributed by atoms with van der Waals surface area (Å²) in [5.41, 5.74) is 2.23. The Labute approximate surface area is 163 Å². The van der Waals surface area contributed by atoms with E-state index in [0.717, 1.165) is 22.9 Å². The molecule has 0 saturated heterocycles. The lowest BCUT2D eigenvalue weighted by atomic mass is 10.2. The Kier molecular flexibility index (Phi) is 6.40. The largest absolute Gasteiger partial charge is 0.493 e. The predicted octanol–water partition coefficient (Wildman–Crippen LogP) is 6.08. The highest BCUT2D eigenvalue weighted by Crippen LogP contribution is 2.34. The number of halogens is 2. The molecule has 0 unspecified atom stereocenters. The maximum atomic E-state index is 6.06. The smallest absolute Gasteiger partial charge is 0.169 e. The van der Waals surface area contributed by atoms with Gasteiger partial charge in [0.15, 0.2) is 11.5 Å². The van der Waals surface area contributed by atoms with Crippen molar-refractivity contribution in [2.45, 2.75) is 13.1 Å². The van der Waals surface area contributed by atoms with Crippen LogP contribution in [0.4, 0.5) is 0 Å². The molecule has 0 aliphatic rings. The van der Waals surface area contributed by atoms with Crippen LogP contribution in [0.3, 0.4) is 0 Å². The van der Waals surface area contributed by atoms with Crippen molar-refractivity contribution in [3.63, 3.8) is 0 Å². The molecular formula is C21H19Cl2NO2. The van der Waals surface area contributed by atoms with Crippen LogP contribution in [0.2, 0.25) is 10.0 Å². The number of ether oxygens (including phenoxy) is 2. The van der Waals surface area contributed by atoms with E-state index >= 15 is 0 Å². The third-order valence-electron chi connectivity index (χ3n) is 3.88. The van der Waals surface area contributed by atoms with Gasteiger partial charge in [0.1, 0.15) is 5.75 Å². The monoisotopic (exact) mass is 387 g/mol. The van der Waals surface area contributed by atoms with Gasteiger partial charge in [-0.3, -0.25) is 0 Å². The molecule has 0 atom stereocenters. The topological polar surface area (TPSA) is 30.5 Å². The van der Waals surface area contributed by atoms with Gasteiger partial charge in [-0.15, -0.1) is 0 Å². The molecular weight excluding hydrogens is 369 g/mol. The second-order valence-electron chi connectivity index (χ2n) is 5.73. The van der Waals surface area contributed by atoms with E-state index in [4.69, 9.17) is 32.7 Å². The summed E-state index contributed by atoms with van der Waals surface area (Å²) in [4.78, 5) is 0. The highest BCUT2D eigenvalue weighted by atomic mass is 35.5. The molecule has 0 amide bonds. The summed E-state index contributed by atoms with van der Waals surface area (Å²) in [5, 5.41) is 4.77. The van der Waals surface area contributed by atoms with Gasteiger partial charge in [0.2, 0.25) is 0 Å². The van der Waals surface area contributed by atoms with Gasteiger partial charge in [0, 0.05) is 34.8 Å². The van der Waals surface area contributed by atoms with Gasteiger partial charge < -0.3 is 14.8 Å². The Hall–Kier alpha value is -2.20. The fourth-order valence-corrected chi connectivity index (χ4v) is 2.83. The van der Waals surface area contributed by atoms with Crippen molar-refractivity contribution in [3.8, 4) is 17.2 Å². The molecule has 5 heteroatoms. The third-order valence-corrected chi connectivity index (χ3v) is 4.36. The summed E-state index contributed by atoms with van der Waals surface area (Å²) in [6.45, 7) is 1.42. The highest BCUT2D eigenvalue weighted by Gasteiger charge is 2.09. The molecule has 0 fully saturated rings. The molecule has 26 heavy (non-hydrogen) atoms. The van der Waals surface area contributed by atoms with E-state index in [9.17, 15) is 0 Å². The van der Waals surface area contributed by atoms with Gasteiger partial charge in [-0.1, -0.05) is 53.5 Å². The average molecular weight is 388 g/mol. The van der Waals surface area contributed by atoms with Gasteiger partial charge in [-0.2, -0.15) is 0 Å². The molecule has 1 N–H and O–H groups in total. The minimum Gasteiger partial charge on any atom is -0.493 e. The van der Waals surface area contributed by atoms with Crippen molar-refractivity contribution in [1.82, 2.24) is 5.32 Å². The number of methoxy groups -OCH3 is 1. The summed E-state index contributed by atoms with van der Waals surface area (Å²) in [6.07, 6.45) is 0. The fourth-order valence-electron chi connectivity index (χ4n) is 2.54. The Morgan fingerprint density at radius 3 is 2.27 bits per heavy atom. The summed E-state index contributed by atoms with van der Waals surface area (Å²) in [5.74, 6) is 2.00. The van der Waals surface area contributed by atoms with E-state index in [2.05, 4.69) is 5.32 Å². The first-order valence-electron chi connectivity index (χ1n) is 8.20. The Balaban J connectivity index is 1.69. The van der Waals surface area contributed by atoms with Gasteiger partial charge in [-0.05, 0) is 35.9 Å². The highest BCUT2D eigenvalue weighted by molar-refractivity contribution is 6.31. The molecule has 0 aliphatic carbocycles. The number of hydrogen-bond donors (Lipinski definition) is 1. The number of benzene rings is 3. The number of hydrogen-bond acceptors (Lipinski definition) is 3. The van der Waals surface area contributed by atoms with Crippen molar-refractivity contribution in [3.05, 3.63) is 87.9 Å². The number of rotatable bonds is 7. The van der Waals surface area contributed by atoms with Crippen molar-refractivity contribution < 1.29 is 9.47 Å². The maximum Gasteiger partial charge on any atom is 0.169 e. The van der Waals surface area contributed by atoms with Gasteiger partial charge in [0.25, 0.3) is 0 Å². The van der Waals surface area contributed by atoms with Crippen molar-refractivity contribution in [1.29, 1.82) is 0 Å². The predicted molar refractivity (Wildman–Crippen MR) is 107 cm³/mol. The SMILES string of the molecule is COc1cc(Cl)ccc1Oc1ccccc1CNCc1ccc(Cl)cc1. The Bertz CT molecular complexity index is 866. The lowest BCUT2D eigenvalue weighted by Crippen LogP contribution is -2.13. The van der Waals surface area contributed by atoms with Crippen LogP contribution in [0.1, 0.15) is 11.1 Å².